The first kappa shape index (κ1) is 12.0. The molecule has 1 unspecified atom stereocenters. The molecule has 0 bridgehead atoms. The maximum atomic E-state index is 10.4. The van der Waals surface area contributed by atoms with Gasteiger partial charge in [0.05, 0.1) is 0 Å². The highest BCUT2D eigenvalue weighted by Gasteiger charge is 2.18. The molecule has 0 aromatic heterocycles. The summed E-state index contributed by atoms with van der Waals surface area (Å²) in [6.07, 6.45) is 8.55. The van der Waals surface area contributed by atoms with E-state index in [0.717, 1.165) is 12.8 Å². The summed E-state index contributed by atoms with van der Waals surface area (Å²) in [5.41, 5.74) is 1.56. The average molecular weight is 208 g/mol. The lowest BCUT2D eigenvalue weighted by molar-refractivity contribution is -0.137. The van der Waals surface area contributed by atoms with Crippen LogP contribution in [0.1, 0.15) is 40.0 Å². The van der Waals surface area contributed by atoms with Gasteiger partial charge in [-0.25, -0.2) is 0 Å². The van der Waals surface area contributed by atoms with Gasteiger partial charge in [0.2, 0.25) is 0 Å². The van der Waals surface area contributed by atoms with E-state index < -0.39 is 5.97 Å². The van der Waals surface area contributed by atoms with Crippen LogP contribution in [0.5, 0.6) is 0 Å². The van der Waals surface area contributed by atoms with Gasteiger partial charge in [-0.15, -0.1) is 0 Å². The van der Waals surface area contributed by atoms with Crippen LogP contribution in [0.2, 0.25) is 0 Å². The Morgan fingerprint density at radius 3 is 2.60 bits per heavy atom. The SMILES string of the molecule is CC(C)(C)C1=CCC(CCC(=O)O)C=C1. The predicted molar refractivity (Wildman–Crippen MR) is 61.7 cm³/mol. The number of allylic oxidation sites excluding steroid dienone is 4. The number of hydrogen-bond donors (Lipinski definition) is 1. The lowest BCUT2D eigenvalue weighted by Crippen LogP contribution is -2.12. The second-order valence-electron chi connectivity index (χ2n) is 5.20. The van der Waals surface area contributed by atoms with Gasteiger partial charge in [0.1, 0.15) is 0 Å². The van der Waals surface area contributed by atoms with E-state index in [0.29, 0.717) is 5.92 Å². The molecule has 1 atom stereocenters. The Morgan fingerprint density at radius 1 is 1.53 bits per heavy atom. The number of carboxylic acid groups (broad SMARTS) is 1. The molecule has 15 heavy (non-hydrogen) atoms. The molecule has 1 aliphatic rings. The van der Waals surface area contributed by atoms with E-state index in [1.165, 1.54) is 5.57 Å². The second kappa shape index (κ2) is 4.65. The van der Waals surface area contributed by atoms with Crippen molar-refractivity contribution in [3.05, 3.63) is 23.8 Å². The molecule has 0 aromatic carbocycles. The summed E-state index contributed by atoms with van der Waals surface area (Å²) in [5, 5.41) is 8.59. The van der Waals surface area contributed by atoms with Crippen molar-refractivity contribution in [2.75, 3.05) is 0 Å². The topological polar surface area (TPSA) is 37.3 Å². The molecule has 1 rings (SSSR count). The molecule has 0 saturated carbocycles. The molecule has 2 heteroatoms. The maximum absolute atomic E-state index is 10.4. The molecule has 1 N–H and O–H groups in total. The van der Waals surface area contributed by atoms with Crippen molar-refractivity contribution in [3.8, 4) is 0 Å². The van der Waals surface area contributed by atoms with E-state index in [4.69, 9.17) is 5.11 Å². The van der Waals surface area contributed by atoms with Crippen molar-refractivity contribution in [1.82, 2.24) is 0 Å². The van der Waals surface area contributed by atoms with Crippen molar-refractivity contribution in [2.45, 2.75) is 40.0 Å². The zero-order valence-corrected chi connectivity index (χ0v) is 9.79. The van der Waals surface area contributed by atoms with Crippen molar-refractivity contribution < 1.29 is 9.90 Å². The molecule has 0 aromatic rings. The van der Waals surface area contributed by atoms with Crippen LogP contribution in [0.25, 0.3) is 0 Å². The van der Waals surface area contributed by atoms with E-state index in [9.17, 15) is 4.79 Å². The van der Waals surface area contributed by atoms with Crippen LogP contribution in [0, 0.1) is 11.3 Å². The minimum atomic E-state index is -0.700. The Bertz CT molecular complexity index is 292. The zero-order valence-electron chi connectivity index (χ0n) is 9.79. The smallest absolute Gasteiger partial charge is 0.303 e. The number of carbonyl (C=O) groups is 1. The fourth-order valence-electron chi connectivity index (χ4n) is 1.74. The molecule has 0 saturated heterocycles. The summed E-state index contributed by atoms with van der Waals surface area (Å²) in [6.45, 7) is 6.59. The molecule has 2 nitrogen and oxygen atoms in total. The minimum Gasteiger partial charge on any atom is -0.481 e. The van der Waals surface area contributed by atoms with Crippen LogP contribution >= 0.6 is 0 Å². The van der Waals surface area contributed by atoms with Gasteiger partial charge in [0.15, 0.2) is 0 Å². The molecule has 0 radical (unpaired) electrons. The van der Waals surface area contributed by atoms with Crippen LogP contribution in [-0.2, 0) is 4.79 Å². The van der Waals surface area contributed by atoms with Crippen LogP contribution < -0.4 is 0 Å². The fourth-order valence-corrected chi connectivity index (χ4v) is 1.74. The highest BCUT2D eigenvalue weighted by molar-refractivity contribution is 5.66. The monoisotopic (exact) mass is 208 g/mol. The normalized spacial score (nSPS) is 21.3. The number of hydrogen-bond acceptors (Lipinski definition) is 1. The van der Waals surface area contributed by atoms with Gasteiger partial charge in [0.25, 0.3) is 0 Å². The average Bonchev–Trinajstić information content (AvgIpc) is 2.14. The third-order valence-electron chi connectivity index (χ3n) is 2.78. The van der Waals surface area contributed by atoms with E-state index in [2.05, 4.69) is 39.0 Å². The standard InChI is InChI=1S/C13H20O2/c1-13(2,3)11-7-4-10(5-8-11)6-9-12(14)15/h4,7-8,10H,5-6,9H2,1-3H3,(H,14,15). The van der Waals surface area contributed by atoms with Crippen LogP contribution in [-0.4, -0.2) is 11.1 Å². The lowest BCUT2D eigenvalue weighted by Gasteiger charge is -2.24. The van der Waals surface area contributed by atoms with Crippen molar-refractivity contribution >= 4 is 5.97 Å². The Hall–Kier alpha value is -1.05. The number of aliphatic carboxylic acids is 1. The highest BCUT2D eigenvalue weighted by Crippen LogP contribution is 2.31. The molecule has 0 fully saturated rings. The third-order valence-corrected chi connectivity index (χ3v) is 2.78. The summed E-state index contributed by atoms with van der Waals surface area (Å²) in [5.74, 6) is -0.291. The lowest BCUT2D eigenvalue weighted by atomic mass is 9.81. The van der Waals surface area contributed by atoms with Crippen molar-refractivity contribution in [2.24, 2.45) is 11.3 Å². The van der Waals surface area contributed by atoms with Gasteiger partial charge >= 0.3 is 5.97 Å². The van der Waals surface area contributed by atoms with Gasteiger partial charge in [0, 0.05) is 6.42 Å². The van der Waals surface area contributed by atoms with E-state index in [-0.39, 0.29) is 11.8 Å². The maximum Gasteiger partial charge on any atom is 0.303 e. The number of carboxylic acids is 1. The van der Waals surface area contributed by atoms with Crippen molar-refractivity contribution in [3.63, 3.8) is 0 Å². The summed E-state index contributed by atoms with van der Waals surface area (Å²) in [4.78, 5) is 10.4. The van der Waals surface area contributed by atoms with Gasteiger partial charge in [-0.2, -0.15) is 0 Å². The third kappa shape index (κ3) is 3.90. The quantitative estimate of drug-likeness (QED) is 0.771. The molecule has 0 amide bonds. The Morgan fingerprint density at radius 2 is 2.20 bits per heavy atom. The van der Waals surface area contributed by atoms with E-state index in [1.807, 2.05) is 0 Å². The second-order valence-corrected chi connectivity index (χ2v) is 5.20. The molecule has 1 aliphatic carbocycles. The van der Waals surface area contributed by atoms with Gasteiger partial charge in [-0.05, 0) is 29.7 Å². The summed E-state index contributed by atoms with van der Waals surface area (Å²) >= 11 is 0. The van der Waals surface area contributed by atoms with Crippen LogP contribution in [0.15, 0.2) is 23.8 Å². The molecule has 0 spiro atoms. The summed E-state index contributed by atoms with van der Waals surface area (Å²) < 4.78 is 0. The van der Waals surface area contributed by atoms with Crippen LogP contribution in [0.4, 0.5) is 0 Å². The Kier molecular flexibility index (Phi) is 3.72. The van der Waals surface area contributed by atoms with Crippen molar-refractivity contribution in [1.29, 1.82) is 0 Å². The van der Waals surface area contributed by atoms with E-state index >= 15 is 0 Å². The molecule has 0 heterocycles. The minimum absolute atomic E-state index is 0.203. The van der Waals surface area contributed by atoms with Gasteiger partial charge in [-0.1, -0.05) is 39.0 Å². The van der Waals surface area contributed by atoms with Gasteiger partial charge in [-0.3, -0.25) is 4.79 Å². The molecular weight excluding hydrogens is 188 g/mol. The van der Waals surface area contributed by atoms with E-state index in [1.54, 1.807) is 0 Å². The molecular formula is C13H20O2. The Balaban J connectivity index is 2.46. The molecule has 0 aliphatic heterocycles. The highest BCUT2D eigenvalue weighted by atomic mass is 16.4. The number of rotatable bonds is 3. The fraction of sp³-hybridized carbons (Fsp3) is 0.615. The molecule has 84 valence electrons. The largest absolute Gasteiger partial charge is 0.481 e. The summed E-state index contributed by atoms with van der Waals surface area (Å²) in [6, 6.07) is 0. The van der Waals surface area contributed by atoms with Crippen LogP contribution in [0.3, 0.4) is 0 Å². The first-order valence-electron chi connectivity index (χ1n) is 5.50. The predicted octanol–water partition coefficient (Wildman–Crippen LogP) is 3.40. The summed E-state index contributed by atoms with van der Waals surface area (Å²) in [7, 11) is 0. The first-order valence-corrected chi connectivity index (χ1v) is 5.50. The zero-order chi connectivity index (χ0) is 11.5. The Labute approximate surface area is 91.7 Å². The van der Waals surface area contributed by atoms with Gasteiger partial charge < -0.3 is 5.11 Å². The first-order chi connectivity index (χ1) is 6.89.